The number of benzene rings is 2. The Balaban J connectivity index is 2.02. The Morgan fingerprint density at radius 2 is 1.64 bits per heavy atom. The maximum Gasteiger partial charge on any atom is 0.419 e. The van der Waals surface area contributed by atoms with Gasteiger partial charge in [0.2, 0.25) is 5.92 Å². The molecule has 1 unspecified atom stereocenters. The van der Waals surface area contributed by atoms with Crippen LogP contribution in [-0.4, -0.2) is 60.4 Å². The maximum absolute atomic E-state index is 13.3. The number of nitrogens with zero attached hydrogens (tertiary/aromatic N) is 1. The van der Waals surface area contributed by atoms with Crippen molar-refractivity contribution in [2.45, 2.75) is 57.7 Å². The van der Waals surface area contributed by atoms with Gasteiger partial charge in [0.25, 0.3) is 0 Å². The molecule has 1 amide bonds. The van der Waals surface area contributed by atoms with E-state index in [0.717, 1.165) is 24.0 Å². The Kier molecular flexibility index (Phi) is 12.0. The molecule has 0 fully saturated rings. The highest BCUT2D eigenvalue weighted by Gasteiger charge is 2.35. The second-order valence-electron chi connectivity index (χ2n) is 8.86. The summed E-state index contributed by atoms with van der Waals surface area (Å²) in [6.45, 7) is 2.56. The number of hydrogen-bond acceptors (Lipinski definition) is 5. The van der Waals surface area contributed by atoms with E-state index < -0.39 is 48.0 Å². The van der Waals surface area contributed by atoms with Crippen molar-refractivity contribution in [2.75, 3.05) is 26.3 Å². The number of carboxylic acid groups (broad SMARTS) is 1. The summed E-state index contributed by atoms with van der Waals surface area (Å²) < 4.78 is 82.0. The third-order valence-corrected chi connectivity index (χ3v) is 5.56. The number of unbranched alkanes of at least 4 members (excludes halogenated alkanes) is 1. The van der Waals surface area contributed by atoms with Crippen molar-refractivity contribution in [3.8, 4) is 11.5 Å². The number of carboxylic acids is 1. The first-order valence-corrected chi connectivity index (χ1v) is 12.4. The van der Waals surface area contributed by atoms with E-state index in [1.54, 1.807) is 31.2 Å². The van der Waals surface area contributed by atoms with Gasteiger partial charge in [-0.05, 0) is 56.5 Å². The number of carbonyl (C=O) groups is 2. The molecule has 0 aliphatic heterocycles. The first-order valence-electron chi connectivity index (χ1n) is 12.4. The molecule has 0 aliphatic carbocycles. The van der Waals surface area contributed by atoms with Crippen LogP contribution in [0.15, 0.2) is 48.5 Å². The Bertz CT molecular complexity index is 1060. The van der Waals surface area contributed by atoms with Crippen molar-refractivity contribution in [3.63, 3.8) is 0 Å². The van der Waals surface area contributed by atoms with E-state index in [0.29, 0.717) is 11.3 Å². The third kappa shape index (κ3) is 11.5. The Hall–Kier alpha value is -3.41. The second-order valence-corrected chi connectivity index (χ2v) is 8.86. The van der Waals surface area contributed by atoms with E-state index in [1.165, 1.54) is 12.1 Å². The van der Waals surface area contributed by atoms with E-state index >= 15 is 0 Å². The summed E-state index contributed by atoms with van der Waals surface area (Å²) in [6, 6.07) is 10.8. The lowest BCUT2D eigenvalue weighted by Crippen LogP contribution is -2.38. The summed E-state index contributed by atoms with van der Waals surface area (Å²) in [4.78, 5) is 25.1. The van der Waals surface area contributed by atoms with Crippen molar-refractivity contribution >= 4 is 12.1 Å². The molecule has 12 heteroatoms. The van der Waals surface area contributed by atoms with E-state index in [9.17, 15) is 36.6 Å². The topological polar surface area (TPSA) is 85.3 Å². The van der Waals surface area contributed by atoms with Gasteiger partial charge >= 0.3 is 18.2 Å². The first-order chi connectivity index (χ1) is 18.3. The largest absolute Gasteiger partial charge is 0.492 e. The van der Waals surface area contributed by atoms with Crippen molar-refractivity contribution in [1.29, 1.82) is 0 Å². The van der Waals surface area contributed by atoms with Crippen LogP contribution in [0.2, 0.25) is 0 Å². The molecule has 2 rings (SSSR count). The SMILES string of the molecule is CCOC(Cc1ccc(OCCN(CCCCC(C)(F)F)C(=O)Oc2ccccc2C(F)(F)F)cc1)C(=O)O. The molecule has 0 saturated carbocycles. The van der Waals surface area contributed by atoms with Gasteiger partial charge in [-0.3, -0.25) is 0 Å². The standard InChI is InChI=1S/C27H32F5NO6/c1-3-37-23(24(34)35)18-19-10-12-20(13-11-19)38-17-16-33(15-7-6-14-26(2,28)29)25(36)39-22-9-5-4-8-21(22)27(30,31)32/h4-5,8-13,23H,3,6-7,14-18H2,1-2H3,(H,34,35). The van der Waals surface area contributed by atoms with Crippen LogP contribution in [0.5, 0.6) is 11.5 Å². The smallest absolute Gasteiger partial charge is 0.419 e. The van der Waals surface area contributed by atoms with Gasteiger partial charge < -0.3 is 24.2 Å². The number of alkyl halides is 5. The molecule has 0 aliphatic rings. The predicted molar refractivity (Wildman–Crippen MR) is 132 cm³/mol. The number of halogens is 5. The van der Waals surface area contributed by atoms with Crippen LogP contribution in [0.25, 0.3) is 0 Å². The van der Waals surface area contributed by atoms with Gasteiger partial charge in [-0.25, -0.2) is 18.4 Å². The molecular weight excluding hydrogens is 529 g/mol. The van der Waals surface area contributed by atoms with Crippen molar-refractivity contribution in [1.82, 2.24) is 4.90 Å². The molecule has 0 bridgehead atoms. The van der Waals surface area contributed by atoms with E-state index in [1.807, 2.05) is 0 Å². The number of rotatable bonds is 15. The third-order valence-electron chi connectivity index (χ3n) is 5.56. The summed E-state index contributed by atoms with van der Waals surface area (Å²) in [5.74, 6) is -4.21. The number of carbonyl (C=O) groups excluding carboxylic acids is 1. The average molecular weight is 562 g/mol. The number of hydrogen-bond donors (Lipinski definition) is 1. The number of para-hydroxylation sites is 1. The second kappa shape index (κ2) is 14.7. The van der Waals surface area contributed by atoms with Crippen LogP contribution in [0, 0.1) is 0 Å². The fraction of sp³-hybridized carbons (Fsp3) is 0.481. The fourth-order valence-electron chi connectivity index (χ4n) is 3.61. The first kappa shape index (κ1) is 31.8. The molecule has 0 heterocycles. The lowest BCUT2D eigenvalue weighted by molar-refractivity contribution is -0.150. The fourth-order valence-corrected chi connectivity index (χ4v) is 3.61. The number of ether oxygens (including phenoxy) is 3. The Labute approximate surface area is 223 Å². The molecule has 1 atom stereocenters. The lowest BCUT2D eigenvalue weighted by Gasteiger charge is -2.23. The Morgan fingerprint density at radius 1 is 0.974 bits per heavy atom. The highest BCUT2D eigenvalue weighted by molar-refractivity contribution is 5.72. The van der Waals surface area contributed by atoms with Crippen molar-refractivity contribution < 1.29 is 50.9 Å². The Morgan fingerprint density at radius 3 is 2.23 bits per heavy atom. The highest BCUT2D eigenvalue weighted by Crippen LogP contribution is 2.36. The van der Waals surface area contributed by atoms with Crippen LogP contribution >= 0.6 is 0 Å². The number of aliphatic carboxylic acids is 1. The molecule has 7 nitrogen and oxygen atoms in total. The molecule has 1 N–H and O–H groups in total. The molecule has 0 spiro atoms. The van der Waals surface area contributed by atoms with Crippen LogP contribution in [0.4, 0.5) is 26.7 Å². The summed E-state index contributed by atoms with van der Waals surface area (Å²) in [5.41, 5.74) is -0.417. The van der Waals surface area contributed by atoms with Crippen LogP contribution in [-0.2, 0) is 22.1 Å². The van der Waals surface area contributed by atoms with Gasteiger partial charge in [-0.1, -0.05) is 24.3 Å². The van der Waals surface area contributed by atoms with Gasteiger partial charge in [-0.15, -0.1) is 0 Å². The molecule has 0 saturated heterocycles. The van der Waals surface area contributed by atoms with E-state index in [4.69, 9.17) is 14.2 Å². The van der Waals surface area contributed by atoms with Crippen LogP contribution in [0.3, 0.4) is 0 Å². The maximum atomic E-state index is 13.3. The summed E-state index contributed by atoms with van der Waals surface area (Å²) >= 11 is 0. The van der Waals surface area contributed by atoms with Gasteiger partial charge in [-0.2, -0.15) is 13.2 Å². The van der Waals surface area contributed by atoms with Gasteiger partial charge in [0.15, 0.2) is 6.10 Å². The quantitative estimate of drug-likeness (QED) is 0.199. The highest BCUT2D eigenvalue weighted by atomic mass is 19.4. The molecule has 39 heavy (non-hydrogen) atoms. The zero-order valence-corrected chi connectivity index (χ0v) is 21.7. The monoisotopic (exact) mass is 561 g/mol. The molecule has 0 radical (unpaired) electrons. The lowest BCUT2D eigenvalue weighted by atomic mass is 10.1. The predicted octanol–water partition coefficient (Wildman–Crippen LogP) is 6.44. The zero-order chi connectivity index (χ0) is 29.1. The van der Waals surface area contributed by atoms with Crippen molar-refractivity contribution in [2.24, 2.45) is 0 Å². The van der Waals surface area contributed by atoms with Crippen LogP contribution in [0.1, 0.15) is 44.2 Å². The number of amides is 1. The summed E-state index contributed by atoms with van der Waals surface area (Å²) in [6.07, 6.45) is -6.77. The van der Waals surface area contributed by atoms with E-state index in [-0.39, 0.29) is 45.6 Å². The molecule has 2 aromatic rings. The average Bonchev–Trinajstić information content (AvgIpc) is 2.85. The molecular formula is C27H32F5NO6. The van der Waals surface area contributed by atoms with Crippen molar-refractivity contribution in [3.05, 3.63) is 59.7 Å². The minimum Gasteiger partial charge on any atom is -0.492 e. The zero-order valence-electron chi connectivity index (χ0n) is 21.7. The normalized spacial score (nSPS) is 12.6. The van der Waals surface area contributed by atoms with E-state index in [2.05, 4.69) is 0 Å². The van der Waals surface area contributed by atoms with Gasteiger partial charge in [0.05, 0.1) is 12.1 Å². The minimum atomic E-state index is -4.74. The van der Waals surface area contributed by atoms with Gasteiger partial charge in [0, 0.05) is 26.0 Å². The van der Waals surface area contributed by atoms with Crippen LogP contribution < -0.4 is 9.47 Å². The summed E-state index contributed by atoms with van der Waals surface area (Å²) in [7, 11) is 0. The summed E-state index contributed by atoms with van der Waals surface area (Å²) in [5, 5.41) is 9.21. The minimum absolute atomic E-state index is 0.0284. The molecule has 216 valence electrons. The van der Waals surface area contributed by atoms with Gasteiger partial charge in [0.1, 0.15) is 18.1 Å². The molecule has 0 aromatic heterocycles. The molecule has 2 aromatic carbocycles.